The fourth-order valence-electron chi connectivity index (χ4n) is 5.46. The fourth-order valence-corrected chi connectivity index (χ4v) is 7.93. The summed E-state index contributed by atoms with van der Waals surface area (Å²) in [6, 6.07) is 0. The molecule has 2 rings (SSSR count). The van der Waals surface area contributed by atoms with Crippen molar-refractivity contribution in [1.29, 1.82) is 0 Å². The van der Waals surface area contributed by atoms with Crippen LogP contribution in [0.25, 0.3) is 0 Å². The molecule has 0 amide bonds. The van der Waals surface area contributed by atoms with E-state index < -0.39 is 18.9 Å². The first-order chi connectivity index (χ1) is 13.7. The van der Waals surface area contributed by atoms with Gasteiger partial charge in [-0.15, -0.1) is 0 Å². The Kier molecular flexibility index (Phi) is 9.11. The molecule has 30 heavy (non-hydrogen) atoms. The maximum atomic E-state index is 14.4. The van der Waals surface area contributed by atoms with Crippen LogP contribution in [0.4, 0.5) is 0 Å². The van der Waals surface area contributed by atoms with Crippen molar-refractivity contribution >= 4 is 7.60 Å². The van der Waals surface area contributed by atoms with Gasteiger partial charge in [-0.05, 0) is 66.6 Å². The fraction of sp³-hybridized carbons (Fsp3) is 1.00. The average molecular weight is 445 g/mol. The number of aliphatic hydroxyl groups excluding tert-OH is 1. The van der Waals surface area contributed by atoms with Crippen LogP contribution in [0.5, 0.6) is 0 Å². The smallest absolute Gasteiger partial charge is 0.359 e. The molecule has 0 aromatic rings. The Labute approximate surface area is 186 Å². The van der Waals surface area contributed by atoms with E-state index >= 15 is 0 Å². The van der Waals surface area contributed by atoms with Crippen LogP contribution < -0.4 is 0 Å². The van der Waals surface area contributed by atoms with Crippen LogP contribution in [0, 0.1) is 40.9 Å². The molecule has 0 radical (unpaired) electrons. The molecule has 0 spiro atoms. The van der Waals surface area contributed by atoms with Gasteiger partial charge in [0.1, 0.15) is 0 Å². The lowest BCUT2D eigenvalue weighted by Crippen LogP contribution is -2.39. The Hall–Kier alpha value is 0.110. The van der Waals surface area contributed by atoms with E-state index in [0.29, 0.717) is 35.5 Å². The molecule has 2 saturated carbocycles. The summed E-state index contributed by atoms with van der Waals surface area (Å²) in [5, 5.41) is 11.2. The van der Waals surface area contributed by atoms with Crippen molar-refractivity contribution in [3.8, 4) is 0 Å². The van der Waals surface area contributed by atoms with Crippen LogP contribution in [0.2, 0.25) is 0 Å². The molecule has 4 nitrogen and oxygen atoms in total. The number of rotatable bonds is 7. The third-order valence-corrected chi connectivity index (χ3v) is 10.1. The molecule has 0 aliphatic heterocycles. The molecule has 2 aliphatic rings. The summed E-state index contributed by atoms with van der Waals surface area (Å²) in [6.45, 7) is 19.1. The molecule has 0 aromatic heterocycles. The van der Waals surface area contributed by atoms with Gasteiger partial charge in [0.15, 0.2) is 5.85 Å². The number of hydrogen-bond acceptors (Lipinski definition) is 4. The van der Waals surface area contributed by atoms with E-state index in [1.165, 1.54) is 12.8 Å². The molecule has 0 bridgehead atoms. The Balaban J connectivity index is 2.34. The third-order valence-electron chi connectivity index (χ3n) is 7.56. The lowest BCUT2D eigenvalue weighted by Gasteiger charge is -2.44. The predicted molar refractivity (Wildman–Crippen MR) is 126 cm³/mol. The predicted octanol–water partition coefficient (Wildman–Crippen LogP) is 7.50. The second-order valence-electron chi connectivity index (χ2n) is 12.2. The maximum absolute atomic E-state index is 14.4. The zero-order valence-electron chi connectivity index (χ0n) is 21.1. The van der Waals surface area contributed by atoms with Gasteiger partial charge in [-0.1, -0.05) is 75.2 Å². The van der Waals surface area contributed by atoms with Crippen molar-refractivity contribution in [3.05, 3.63) is 0 Å². The molecular weight excluding hydrogens is 395 g/mol. The van der Waals surface area contributed by atoms with E-state index in [2.05, 4.69) is 41.5 Å². The third kappa shape index (κ3) is 6.56. The van der Waals surface area contributed by atoms with Crippen LogP contribution in [0.3, 0.4) is 0 Å². The highest BCUT2D eigenvalue weighted by Gasteiger charge is 2.49. The summed E-state index contributed by atoms with van der Waals surface area (Å²) in [5.41, 5.74) is -0.573. The molecule has 0 heterocycles. The van der Waals surface area contributed by atoms with Gasteiger partial charge in [-0.25, -0.2) is 0 Å². The van der Waals surface area contributed by atoms with Gasteiger partial charge in [0, 0.05) is 0 Å². The topological polar surface area (TPSA) is 55.8 Å². The average Bonchev–Trinajstić information content (AvgIpc) is 2.59. The highest BCUT2D eigenvalue weighted by molar-refractivity contribution is 7.54. The number of hydrogen-bond donors (Lipinski definition) is 1. The minimum Gasteiger partial charge on any atom is -0.380 e. The first-order valence-electron chi connectivity index (χ1n) is 12.4. The molecule has 7 atom stereocenters. The highest BCUT2D eigenvalue weighted by Crippen LogP contribution is 2.62. The molecule has 2 aliphatic carbocycles. The van der Waals surface area contributed by atoms with E-state index in [9.17, 15) is 9.67 Å². The molecule has 0 saturated heterocycles. The Morgan fingerprint density at radius 3 is 1.47 bits per heavy atom. The van der Waals surface area contributed by atoms with Crippen molar-refractivity contribution in [2.24, 2.45) is 40.9 Å². The van der Waals surface area contributed by atoms with Gasteiger partial charge in [0.25, 0.3) is 0 Å². The molecule has 1 N–H and O–H groups in total. The normalized spacial score (nSPS) is 35.1. The van der Waals surface area contributed by atoms with Crippen molar-refractivity contribution < 1.29 is 18.7 Å². The van der Waals surface area contributed by atoms with E-state index in [1.807, 2.05) is 20.8 Å². The summed E-state index contributed by atoms with van der Waals surface area (Å²) in [4.78, 5) is 0. The highest BCUT2D eigenvalue weighted by atomic mass is 31.2. The Morgan fingerprint density at radius 2 is 1.17 bits per heavy atom. The molecule has 0 unspecified atom stereocenters. The summed E-state index contributed by atoms with van der Waals surface area (Å²) in [6.07, 6.45) is 6.10. The zero-order chi connectivity index (χ0) is 22.9. The molecule has 5 heteroatoms. The van der Waals surface area contributed by atoms with Crippen LogP contribution in [-0.2, 0) is 13.6 Å². The molecular formula is C25H49O4P. The minimum atomic E-state index is -3.72. The summed E-state index contributed by atoms with van der Waals surface area (Å²) < 4.78 is 27.3. The van der Waals surface area contributed by atoms with Crippen molar-refractivity contribution in [2.45, 2.75) is 119 Å². The summed E-state index contributed by atoms with van der Waals surface area (Å²) in [5.74, 6) is 1.60. The Bertz CT molecular complexity index is 544. The summed E-state index contributed by atoms with van der Waals surface area (Å²) >= 11 is 0. The van der Waals surface area contributed by atoms with Crippen LogP contribution in [0.15, 0.2) is 0 Å². The molecule has 0 aromatic carbocycles. The van der Waals surface area contributed by atoms with E-state index in [-0.39, 0.29) is 12.2 Å². The van der Waals surface area contributed by atoms with Gasteiger partial charge in [-0.3, -0.25) is 4.57 Å². The second kappa shape index (κ2) is 10.4. The summed E-state index contributed by atoms with van der Waals surface area (Å²) in [7, 11) is -3.72. The molecule has 178 valence electrons. The second-order valence-corrected chi connectivity index (χ2v) is 14.2. The van der Waals surface area contributed by atoms with Gasteiger partial charge < -0.3 is 14.2 Å². The molecule has 2 fully saturated rings. The quantitative estimate of drug-likeness (QED) is 0.413. The maximum Gasteiger partial charge on any atom is 0.359 e. The van der Waals surface area contributed by atoms with Crippen LogP contribution in [-0.4, -0.2) is 23.2 Å². The van der Waals surface area contributed by atoms with Gasteiger partial charge >= 0.3 is 7.60 Å². The largest absolute Gasteiger partial charge is 0.380 e. The first-order valence-corrected chi connectivity index (χ1v) is 14.0. The van der Waals surface area contributed by atoms with E-state index in [0.717, 1.165) is 25.7 Å². The van der Waals surface area contributed by atoms with Crippen LogP contribution in [0.1, 0.15) is 101 Å². The monoisotopic (exact) mass is 444 g/mol. The van der Waals surface area contributed by atoms with E-state index in [1.54, 1.807) is 0 Å². The van der Waals surface area contributed by atoms with E-state index in [4.69, 9.17) is 9.05 Å². The van der Waals surface area contributed by atoms with Crippen molar-refractivity contribution in [3.63, 3.8) is 0 Å². The van der Waals surface area contributed by atoms with Crippen LogP contribution >= 0.6 is 7.60 Å². The van der Waals surface area contributed by atoms with Gasteiger partial charge in [-0.2, -0.15) is 0 Å². The zero-order valence-corrected chi connectivity index (χ0v) is 22.0. The van der Waals surface area contributed by atoms with Gasteiger partial charge in [0.05, 0.1) is 12.2 Å². The Morgan fingerprint density at radius 1 is 0.800 bits per heavy atom. The standard InChI is InChI=1S/C25H49O4P/c1-16(2)20-12-10-18(5)14-22(20)28-30(27,24(26)25(7,8)9)29-23-15-19(6)11-13-21(23)17(3)4/h16-24,26H,10-15H2,1-9H3/t18-,19-,20-,21-,22-,23-,24+/m1/s1. The van der Waals surface area contributed by atoms with Crippen molar-refractivity contribution in [2.75, 3.05) is 0 Å². The minimum absolute atomic E-state index is 0.116. The lowest BCUT2D eigenvalue weighted by molar-refractivity contribution is -0.0251. The van der Waals surface area contributed by atoms with Gasteiger partial charge in [0.2, 0.25) is 0 Å². The van der Waals surface area contributed by atoms with Crippen molar-refractivity contribution in [1.82, 2.24) is 0 Å². The SMILES string of the molecule is CC(C)[C@H]1CC[C@@H](C)C[C@H]1OP(=O)(O[C@@H]1C[C@H](C)CC[C@@H]1C(C)C)[C@H](O)C(C)(C)C. The number of aliphatic hydroxyl groups is 1. The first kappa shape index (κ1) is 26.4. The lowest BCUT2D eigenvalue weighted by atomic mass is 9.75.